The Balaban J connectivity index is 1.78. The van der Waals surface area contributed by atoms with Crippen LogP contribution < -0.4 is 11.1 Å². The molecule has 3 nitrogen and oxygen atoms in total. The van der Waals surface area contributed by atoms with Crippen LogP contribution in [0.25, 0.3) is 0 Å². The molecule has 3 N–H and O–H groups in total. The summed E-state index contributed by atoms with van der Waals surface area (Å²) in [5, 5.41) is 2.92. The van der Waals surface area contributed by atoms with Crippen LogP contribution in [0.3, 0.4) is 0 Å². The molecular formula is C15H18BrFN2O. The highest BCUT2D eigenvalue weighted by molar-refractivity contribution is 9.10. The Morgan fingerprint density at radius 3 is 2.75 bits per heavy atom. The molecule has 20 heavy (non-hydrogen) atoms. The van der Waals surface area contributed by atoms with E-state index in [1.807, 2.05) is 0 Å². The number of amides is 1. The van der Waals surface area contributed by atoms with Gasteiger partial charge in [-0.2, -0.15) is 0 Å². The smallest absolute Gasteiger partial charge is 0.229 e. The lowest BCUT2D eigenvalue weighted by molar-refractivity contribution is -0.121. The summed E-state index contributed by atoms with van der Waals surface area (Å²) in [6.45, 7) is 1.78. The van der Waals surface area contributed by atoms with Gasteiger partial charge in [0.1, 0.15) is 5.82 Å². The van der Waals surface area contributed by atoms with E-state index >= 15 is 0 Å². The number of benzene rings is 1. The summed E-state index contributed by atoms with van der Waals surface area (Å²) in [6, 6.07) is 3.00. The normalized spacial score (nSPS) is 31.6. The average molecular weight is 341 g/mol. The minimum absolute atomic E-state index is 0.0219. The Morgan fingerprint density at radius 2 is 2.10 bits per heavy atom. The van der Waals surface area contributed by atoms with Gasteiger partial charge < -0.3 is 11.1 Å². The molecule has 2 aliphatic rings. The minimum Gasteiger partial charge on any atom is -0.327 e. The first-order valence-corrected chi connectivity index (χ1v) is 7.78. The van der Waals surface area contributed by atoms with Gasteiger partial charge in [-0.15, -0.1) is 0 Å². The molecule has 1 aromatic carbocycles. The third kappa shape index (κ3) is 2.27. The van der Waals surface area contributed by atoms with E-state index in [1.54, 1.807) is 13.0 Å². The van der Waals surface area contributed by atoms with E-state index in [-0.39, 0.29) is 23.7 Å². The van der Waals surface area contributed by atoms with Gasteiger partial charge in [-0.1, -0.05) is 0 Å². The number of fused-ring (bicyclic) bond motifs is 2. The molecule has 0 aromatic heterocycles. The summed E-state index contributed by atoms with van der Waals surface area (Å²) in [5.74, 6) is 0.469. The predicted octanol–water partition coefficient (Wildman–Crippen LogP) is 3.21. The SMILES string of the molecule is Cc1cc(F)c(Br)cc1NC(=O)C1C2CCC(C2)C1N. The van der Waals surface area contributed by atoms with Crippen molar-refractivity contribution in [1.29, 1.82) is 0 Å². The highest BCUT2D eigenvalue weighted by atomic mass is 79.9. The summed E-state index contributed by atoms with van der Waals surface area (Å²) in [6.07, 6.45) is 3.32. The number of hydrogen-bond acceptors (Lipinski definition) is 2. The predicted molar refractivity (Wildman–Crippen MR) is 79.8 cm³/mol. The Hall–Kier alpha value is -0.940. The lowest BCUT2D eigenvalue weighted by Gasteiger charge is -2.27. The van der Waals surface area contributed by atoms with Gasteiger partial charge in [-0.3, -0.25) is 4.79 Å². The van der Waals surface area contributed by atoms with Gasteiger partial charge in [0.15, 0.2) is 0 Å². The van der Waals surface area contributed by atoms with Crippen LogP contribution >= 0.6 is 15.9 Å². The van der Waals surface area contributed by atoms with Crippen LogP contribution in [0.4, 0.5) is 10.1 Å². The quantitative estimate of drug-likeness (QED) is 0.868. The lowest BCUT2D eigenvalue weighted by atomic mass is 9.84. The first-order chi connectivity index (χ1) is 9.47. The monoisotopic (exact) mass is 340 g/mol. The fraction of sp³-hybridized carbons (Fsp3) is 0.533. The minimum atomic E-state index is -0.322. The fourth-order valence-corrected chi connectivity index (χ4v) is 4.07. The van der Waals surface area contributed by atoms with Crippen molar-refractivity contribution in [3.05, 3.63) is 28.0 Å². The van der Waals surface area contributed by atoms with Crippen molar-refractivity contribution in [3.63, 3.8) is 0 Å². The number of nitrogens with one attached hydrogen (secondary N) is 1. The van der Waals surface area contributed by atoms with Crippen molar-refractivity contribution in [2.75, 3.05) is 5.32 Å². The molecule has 5 heteroatoms. The number of nitrogens with two attached hydrogens (primary N) is 1. The van der Waals surface area contributed by atoms with Crippen molar-refractivity contribution < 1.29 is 9.18 Å². The number of hydrogen-bond donors (Lipinski definition) is 2. The highest BCUT2D eigenvalue weighted by Crippen LogP contribution is 2.48. The Morgan fingerprint density at radius 1 is 1.40 bits per heavy atom. The van der Waals surface area contributed by atoms with Gasteiger partial charge in [-0.25, -0.2) is 4.39 Å². The van der Waals surface area contributed by atoms with E-state index in [2.05, 4.69) is 21.2 Å². The van der Waals surface area contributed by atoms with E-state index in [9.17, 15) is 9.18 Å². The molecule has 2 fully saturated rings. The fourth-order valence-electron chi connectivity index (χ4n) is 3.72. The van der Waals surface area contributed by atoms with Crippen molar-refractivity contribution in [2.45, 2.75) is 32.2 Å². The van der Waals surface area contributed by atoms with Crippen LogP contribution in [0, 0.1) is 30.5 Å². The van der Waals surface area contributed by atoms with Crippen LogP contribution in [0.15, 0.2) is 16.6 Å². The van der Waals surface area contributed by atoms with Crippen molar-refractivity contribution in [2.24, 2.45) is 23.5 Å². The van der Waals surface area contributed by atoms with E-state index in [4.69, 9.17) is 5.73 Å². The Labute approximate surface area is 126 Å². The van der Waals surface area contributed by atoms with Crippen LogP contribution in [0.5, 0.6) is 0 Å². The molecule has 0 spiro atoms. The van der Waals surface area contributed by atoms with E-state index < -0.39 is 0 Å². The van der Waals surface area contributed by atoms with Gasteiger partial charge in [0.2, 0.25) is 5.91 Å². The molecule has 3 rings (SSSR count). The van der Waals surface area contributed by atoms with Gasteiger partial charge in [0.05, 0.1) is 10.4 Å². The summed E-state index contributed by atoms with van der Waals surface area (Å²) < 4.78 is 13.8. The lowest BCUT2D eigenvalue weighted by Crippen LogP contribution is -2.42. The maximum atomic E-state index is 13.4. The van der Waals surface area contributed by atoms with E-state index in [1.165, 1.54) is 6.07 Å². The van der Waals surface area contributed by atoms with E-state index in [0.717, 1.165) is 24.8 Å². The highest BCUT2D eigenvalue weighted by Gasteiger charge is 2.49. The molecule has 0 radical (unpaired) electrons. The number of rotatable bonds is 2. The number of carbonyl (C=O) groups excluding carboxylic acids is 1. The maximum Gasteiger partial charge on any atom is 0.229 e. The second-order valence-electron chi connectivity index (χ2n) is 6.01. The zero-order chi connectivity index (χ0) is 14.4. The molecule has 2 saturated carbocycles. The van der Waals surface area contributed by atoms with Crippen molar-refractivity contribution >= 4 is 27.5 Å². The Bertz CT molecular complexity index is 561. The summed E-state index contributed by atoms with van der Waals surface area (Å²) in [4.78, 5) is 12.5. The van der Waals surface area contributed by atoms with Crippen LogP contribution in [0.1, 0.15) is 24.8 Å². The molecule has 2 bridgehead atoms. The molecule has 108 valence electrons. The molecule has 4 unspecified atom stereocenters. The number of anilines is 1. The van der Waals surface area contributed by atoms with Gasteiger partial charge >= 0.3 is 0 Å². The number of carbonyl (C=O) groups is 1. The summed E-state index contributed by atoms with van der Waals surface area (Å²) in [7, 11) is 0. The molecule has 0 aliphatic heterocycles. The molecule has 4 atom stereocenters. The van der Waals surface area contributed by atoms with Gasteiger partial charge in [-0.05, 0) is 71.6 Å². The van der Waals surface area contributed by atoms with Crippen LogP contribution in [0.2, 0.25) is 0 Å². The molecule has 1 aromatic rings. The molecular weight excluding hydrogens is 323 g/mol. The third-order valence-electron chi connectivity index (χ3n) is 4.81. The molecule has 1 amide bonds. The first kappa shape index (κ1) is 14.0. The average Bonchev–Trinajstić information content (AvgIpc) is 2.96. The second kappa shape index (κ2) is 5.11. The van der Waals surface area contributed by atoms with E-state index in [0.29, 0.717) is 22.0 Å². The molecule has 0 saturated heterocycles. The van der Waals surface area contributed by atoms with Gasteiger partial charge in [0, 0.05) is 11.7 Å². The molecule has 0 heterocycles. The first-order valence-electron chi connectivity index (χ1n) is 6.99. The number of aryl methyl sites for hydroxylation is 1. The summed E-state index contributed by atoms with van der Waals surface area (Å²) >= 11 is 3.15. The zero-order valence-corrected chi connectivity index (χ0v) is 12.9. The number of halogens is 2. The van der Waals surface area contributed by atoms with Crippen LogP contribution in [-0.2, 0) is 4.79 Å². The maximum absolute atomic E-state index is 13.4. The molecule has 2 aliphatic carbocycles. The zero-order valence-electron chi connectivity index (χ0n) is 11.3. The topological polar surface area (TPSA) is 55.1 Å². The third-order valence-corrected chi connectivity index (χ3v) is 5.42. The standard InChI is InChI=1S/C15H18BrFN2O/c1-7-4-11(17)10(16)6-12(7)19-15(20)13-8-2-3-9(5-8)14(13)18/h4,6,8-9,13-14H,2-3,5,18H2,1H3,(H,19,20). The van der Waals surface area contributed by atoms with Crippen molar-refractivity contribution in [3.8, 4) is 0 Å². The summed E-state index contributed by atoms with van der Waals surface area (Å²) in [5.41, 5.74) is 7.55. The second-order valence-corrected chi connectivity index (χ2v) is 6.86. The largest absolute Gasteiger partial charge is 0.327 e. The van der Waals surface area contributed by atoms with Crippen LogP contribution in [-0.4, -0.2) is 11.9 Å². The van der Waals surface area contributed by atoms with Crippen molar-refractivity contribution in [1.82, 2.24) is 0 Å². The Kier molecular flexibility index (Phi) is 3.58. The van der Waals surface area contributed by atoms with Gasteiger partial charge in [0.25, 0.3) is 0 Å².